The second kappa shape index (κ2) is 9.53. The lowest BCUT2D eigenvalue weighted by Gasteiger charge is -2.17. The number of ether oxygens (including phenoxy) is 1. The maximum atomic E-state index is 13.7. The molecule has 0 bridgehead atoms. The Morgan fingerprint density at radius 1 is 1.06 bits per heavy atom. The van der Waals surface area contributed by atoms with Crippen molar-refractivity contribution in [3.8, 4) is 22.6 Å². The number of rotatable bonds is 7. The predicted molar refractivity (Wildman–Crippen MR) is 114 cm³/mol. The van der Waals surface area contributed by atoms with E-state index in [0.717, 1.165) is 36.1 Å². The first-order valence-corrected chi connectivity index (χ1v) is 11.8. The highest BCUT2D eigenvalue weighted by atomic mass is 32.2. The molecule has 1 atom stereocenters. The molecule has 0 N–H and O–H groups in total. The fourth-order valence-corrected chi connectivity index (χ4v) is 3.60. The molecule has 1 heterocycles. The minimum atomic E-state index is -4.45. The van der Waals surface area contributed by atoms with Gasteiger partial charge in [-0.25, -0.2) is 17.2 Å². The smallest absolute Gasteiger partial charge is 0.391 e. The van der Waals surface area contributed by atoms with Gasteiger partial charge in [0.25, 0.3) is 0 Å². The second-order valence-electron chi connectivity index (χ2n) is 7.58. The Morgan fingerprint density at radius 2 is 1.71 bits per heavy atom. The zero-order valence-corrected chi connectivity index (χ0v) is 18.8. The maximum absolute atomic E-state index is 13.7. The van der Waals surface area contributed by atoms with Crippen LogP contribution in [0, 0.1) is 17.6 Å². The molecule has 34 heavy (non-hydrogen) atoms. The SMILES string of the molecule is CC(CCOc1c(-c2ccc(S(C)(=O)=O)cc2)cnn(-c2ccc(F)c(F)c2)c1=O)C(F)(F)F. The number of benzene rings is 2. The monoisotopic (exact) mass is 502 g/mol. The van der Waals surface area contributed by atoms with Gasteiger partial charge in [0, 0.05) is 17.9 Å². The van der Waals surface area contributed by atoms with Gasteiger partial charge < -0.3 is 4.74 Å². The van der Waals surface area contributed by atoms with E-state index in [1.54, 1.807) is 0 Å². The normalized spacial score (nSPS) is 13.0. The average Bonchev–Trinajstić information content (AvgIpc) is 2.75. The van der Waals surface area contributed by atoms with Gasteiger partial charge in [-0.15, -0.1) is 0 Å². The molecule has 0 saturated carbocycles. The lowest BCUT2D eigenvalue weighted by atomic mass is 10.1. The zero-order chi connectivity index (χ0) is 25.3. The van der Waals surface area contributed by atoms with Crippen LogP contribution in [0.4, 0.5) is 22.0 Å². The second-order valence-corrected chi connectivity index (χ2v) is 9.59. The molecule has 1 unspecified atom stereocenters. The van der Waals surface area contributed by atoms with Crippen LogP contribution < -0.4 is 10.3 Å². The van der Waals surface area contributed by atoms with E-state index in [1.165, 1.54) is 30.5 Å². The van der Waals surface area contributed by atoms with Crippen molar-refractivity contribution in [2.45, 2.75) is 24.4 Å². The molecule has 3 rings (SSSR count). The molecular formula is C22H19F5N2O4S. The molecule has 2 aromatic carbocycles. The minimum Gasteiger partial charge on any atom is -0.487 e. The van der Waals surface area contributed by atoms with E-state index in [9.17, 15) is 35.2 Å². The molecule has 0 aliphatic rings. The van der Waals surface area contributed by atoms with E-state index in [1.807, 2.05) is 0 Å². The largest absolute Gasteiger partial charge is 0.487 e. The number of alkyl halides is 3. The topological polar surface area (TPSA) is 78.3 Å². The standard InChI is InChI=1S/C22H19F5N2O4S/c1-13(22(25,26)27)9-10-33-20-17(14-3-6-16(7-4-14)34(2,31)32)12-28-29(21(20)30)15-5-8-18(23)19(24)11-15/h3-8,11-13H,9-10H2,1-2H3. The third-order valence-electron chi connectivity index (χ3n) is 5.03. The van der Waals surface area contributed by atoms with Crippen molar-refractivity contribution in [3.05, 3.63) is 70.6 Å². The number of hydrogen-bond donors (Lipinski definition) is 0. The van der Waals surface area contributed by atoms with E-state index < -0.39 is 52.2 Å². The Morgan fingerprint density at radius 3 is 2.26 bits per heavy atom. The highest BCUT2D eigenvalue weighted by Crippen LogP contribution is 2.30. The van der Waals surface area contributed by atoms with E-state index in [-0.39, 0.29) is 21.9 Å². The molecule has 0 amide bonds. The average molecular weight is 502 g/mol. The van der Waals surface area contributed by atoms with Gasteiger partial charge in [-0.3, -0.25) is 4.79 Å². The number of aromatic nitrogens is 2. The number of nitrogens with zero attached hydrogens (tertiary/aromatic N) is 2. The van der Waals surface area contributed by atoms with E-state index >= 15 is 0 Å². The summed E-state index contributed by atoms with van der Waals surface area (Å²) in [6.07, 6.45) is -2.70. The fourth-order valence-electron chi connectivity index (χ4n) is 2.97. The molecule has 6 nitrogen and oxygen atoms in total. The molecule has 1 aromatic heterocycles. The van der Waals surface area contributed by atoms with E-state index in [2.05, 4.69) is 5.10 Å². The Bertz CT molecular complexity index is 1350. The summed E-state index contributed by atoms with van der Waals surface area (Å²) in [5.74, 6) is -4.44. The molecule has 0 aliphatic heterocycles. The fraction of sp³-hybridized carbons (Fsp3) is 0.273. The Kier molecular flexibility index (Phi) is 7.10. The van der Waals surface area contributed by atoms with Crippen LogP contribution in [0.5, 0.6) is 5.75 Å². The van der Waals surface area contributed by atoms with Crippen molar-refractivity contribution < 1.29 is 35.1 Å². The van der Waals surface area contributed by atoms with E-state index in [0.29, 0.717) is 5.56 Å². The van der Waals surface area contributed by atoms with Gasteiger partial charge in [0.2, 0.25) is 0 Å². The highest BCUT2D eigenvalue weighted by Gasteiger charge is 2.35. The minimum absolute atomic E-state index is 0.0146. The van der Waals surface area contributed by atoms with Crippen molar-refractivity contribution in [1.82, 2.24) is 9.78 Å². The van der Waals surface area contributed by atoms with Gasteiger partial charge in [-0.05, 0) is 36.2 Å². The van der Waals surface area contributed by atoms with Crippen molar-refractivity contribution in [2.24, 2.45) is 5.92 Å². The number of sulfone groups is 1. The Hall–Kier alpha value is -3.28. The number of hydrogen-bond acceptors (Lipinski definition) is 5. The van der Waals surface area contributed by atoms with Crippen LogP contribution in [0.3, 0.4) is 0 Å². The summed E-state index contributed by atoms with van der Waals surface area (Å²) in [7, 11) is -3.49. The first-order valence-electron chi connectivity index (χ1n) is 9.87. The summed E-state index contributed by atoms with van der Waals surface area (Å²) < 4.78 is 95.1. The van der Waals surface area contributed by atoms with Gasteiger partial charge in [0.05, 0.1) is 29.3 Å². The number of halogens is 5. The molecule has 3 aromatic rings. The van der Waals surface area contributed by atoms with Crippen LogP contribution in [-0.2, 0) is 9.84 Å². The van der Waals surface area contributed by atoms with Crippen LogP contribution in [-0.4, -0.2) is 37.2 Å². The van der Waals surface area contributed by atoms with Crippen molar-refractivity contribution in [1.29, 1.82) is 0 Å². The summed E-state index contributed by atoms with van der Waals surface area (Å²) in [6, 6.07) is 7.99. The van der Waals surface area contributed by atoms with Crippen molar-refractivity contribution in [3.63, 3.8) is 0 Å². The third-order valence-corrected chi connectivity index (χ3v) is 6.16. The van der Waals surface area contributed by atoms with E-state index in [4.69, 9.17) is 4.74 Å². The van der Waals surface area contributed by atoms with Crippen LogP contribution in [0.1, 0.15) is 13.3 Å². The highest BCUT2D eigenvalue weighted by molar-refractivity contribution is 7.90. The lowest BCUT2D eigenvalue weighted by Crippen LogP contribution is -2.26. The van der Waals surface area contributed by atoms with Crippen molar-refractivity contribution in [2.75, 3.05) is 12.9 Å². The molecular weight excluding hydrogens is 483 g/mol. The summed E-state index contributed by atoms with van der Waals surface area (Å²) >= 11 is 0. The Labute approximate surface area is 191 Å². The summed E-state index contributed by atoms with van der Waals surface area (Å²) in [5, 5.41) is 3.95. The molecule has 12 heteroatoms. The van der Waals surface area contributed by atoms with Crippen LogP contribution in [0.25, 0.3) is 16.8 Å². The molecule has 0 fully saturated rings. The maximum Gasteiger partial charge on any atom is 0.391 e. The molecule has 0 radical (unpaired) electrons. The van der Waals surface area contributed by atoms with Gasteiger partial charge in [0.1, 0.15) is 0 Å². The summed E-state index contributed by atoms with van der Waals surface area (Å²) in [5.41, 5.74) is -0.649. The Balaban J connectivity index is 2.06. The molecule has 0 saturated heterocycles. The molecule has 182 valence electrons. The van der Waals surface area contributed by atoms with Gasteiger partial charge >= 0.3 is 11.7 Å². The van der Waals surface area contributed by atoms with Crippen molar-refractivity contribution >= 4 is 9.84 Å². The first kappa shape index (κ1) is 25.3. The summed E-state index contributed by atoms with van der Waals surface area (Å²) in [6.45, 7) is 0.506. The lowest BCUT2D eigenvalue weighted by molar-refractivity contribution is -0.172. The first-order chi connectivity index (χ1) is 15.8. The quantitative estimate of drug-likeness (QED) is 0.443. The summed E-state index contributed by atoms with van der Waals surface area (Å²) in [4.78, 5) is 13.1. The zero-order valence-electron chi connectivity index (χ0n) is 17.9. The van der Waals surface area contributed by atoms with Crippen LogP contribution in [0.2, 0.25) is 0 Å². The van der Waals surface area contributed by atoms with Gasteiger partial charge in [0.15, 0.2) is 27.2 Å². The van der Waals surface area contributed by atoms with Crippen LogP contribution >= 0.6 is 0 Å². The predicted octanol–water partition coefficient (Wildman–Crippen LogP) is 4.55. The van der Waals surface area contributed by atoms with Gasteiger partial charge in [-0.1, -0.05) is 19.1 Å². The molecule has 0 spiro atoms. The van der Waals surface area contributed by atoms with Gasteiger partial charge in [-0.2, -0.15) is 23.0 Å². The third kappa shape index (κ3) is 5.61. The van der Waals surface area contributed by atoms with Crippen LogP contribution in [0.15, 0.2) is 58.4 Å². The molecule has 0 aliphatic carbocycles.